The summed E-state index contributed by atoms with van der Waals surface area (Å²) in [4.78, 5) is 17.7. The molecule has 0 bridgehead atoms. The highest BCUT2D eigenvalue weighted by molar-refractivity contribution is 7.91. The maximum atomic E-state index is 13.4. The first-order valence-corrected chi connectivity index (χ1v) is 14.0. The van der Waals surface area contributed by atoms with Crippen molar-refractivity contribution in [3.8, 4) is 0 Å². The highest BCUT2D eigenvalue weighted by Gasteiger charge is 2.57. The number of sulfone groups is 1. The lowest BCUT2D eigenvalue weighted by atomic mass is 9.54. The Labute approximate surface area is 183 Å². The molecule has 0 unspecified atom stereocenters. The summed E-state index contributed by atoms with van der Waals surface area (Å²) in [6.45, 7) is 9.05. The van der Waals surface area contributed by atoms with E-state index in [2.05, 4.69) is 25.7 Å². The van der Waals surface area contributed by atoms with Crippen LogP contribution in [-0.4, -0.2) is 80.1 Å². The van der Waals surface area contributed by atoms with Crippen molar-refractivity contribution < 1.29 is 17.9 Å². The highest BCUT2D eigenvalue weighted by atomic mass is 32.2. The Morgan fingerprint density at radius 2 is 1.77 bits per heavy atom. The maximum Gasteiger partial charge on any atom is 0.237 e. The quantitative estimate of drug-likeness (QED) is 0.520. The molecule has 0 aromatic heterocycles. The first kappa shape index (κ1) is 24.0. The molecule has 0 aromatic carbocycles. The Hall–Kier alpha value is -0.660. The molecule has 3 rings (SSSR count). The van der Waals surface area contributed by atoms with Gasteiger partial charge in [-0.1, -0.05) is 33.1 Å². The van der Waals surface area contributed by atoms with Crippen LogP contribution >= 0.6 is 0 Å². The van der Waals surface area contributed by atoms with Crippen LogP contribution in [0, 0.1) is 5.41 Å². The van der Waals surface area contributed by atoms with E-state index < -0.39 is 9.84 Å². The largest absolute Gasteiger partial charge is 0.378 e. The van der Waals surface area contributed by atoms with Gasteiger partial charge in [-0.25, -0.2) is 8.42 Å². The molecule has 3 aliphatic rings. The van der Waals surface area contributed by atoms with E-state index in [4.69, 9.17) is 4.74 Å². The van der Waals surface area contributed by atoms with Crippen LogP contribution in [0.2, 0.25) is 0 Å². The fourth-order valence-corrected chi connectivity index (χ4v) is 7.94. The predicted molar refractivity (Wildman–Crippen MR) is 120 cm³/mol. The minimum absolute atomic E-state index is 0.109. The van der Waals surface area contributed by atoms with Gasteiger partial charge in [0.2, 0.25) is 5.91 Å². The molecule has 1 spiro atoms. The van der Waals surface area contributed by atoms with E-state index in [1.54, 1.807) is 0 Å². The van der Waals surface area contributed by atoms with Gasteiger partial charge in [0.05, 0.1) is 24.2 Å². The Balaban J connectivity index is 1.73. The van der Waals surface area contributed by atoms with E-state index in [0.29, 0.717) is 31.7 Å². The molecule has 1 saturated heterocycles. The summed E-state index contributed by atoms with van der Waals surface area (Å²) in [7, 11) is -3.00. The minimum atomic E-state index is -3.00. The second kappa shape index (κ2) is 10.3. The van der Waals surface area contributed by atoms with Crippen LogP contribution in [0.25, 0.3) is 0 Å². The van der Waals surface area contributed by atoms with Crippen molar-refractivity contribution in [2.24, 2.45) is 5.41 Å². The van der Waals surface area contributed by atoms with Crippen LogP contribution in [0.1, 0.15) is 78.6 Å². The Morgan fingerprint density at radius 1 is 1.07 bits per heavy atom. The zero-order valence-corrected chi connectivity index (χ0v) is 20.1. The number of nitrogens with zero attached hydrogens (tertiary/aromatic N) is 2. The summed E-state index contributed by atoms with van der Waals surface area (Å²) in [6.07, 6.45) is 10.0. The molecule has 0 N–H and O–H groups in total. The fourth-order valence-electron chi connectivity index (χ4n) is 6.21. The van der Waals surface area contributed by atoms with Crippen molar-refractivity contribution in [3.05, 3.63) is 0 Å². The average Bonchev–Trinajstić information content (AvgIpc) is 3.08. The van der Waals surface area contributed by atoms with Crippen LogP contribution in [0.3, 0.4) is 0 Å². The summed E-state index contributed by atoms with van der Waals surface area (Å²) in [6, 6.07) is 0.265. The molecule has 0 radical (unpaired) electrons. The monoisotopic (exact) mass is 442 g/mol. The number of carbonyl (C=O) groups excluding carboxylic acids is 1. The Morgan fingerprint density at radius 3 is 2.33 bits per heavy atom. The van der Waals surface area contributed by atoms with Crippen molar-refractivity contribution in [3.63, 3.8) is 0 Å². The van der Waals surface area contributed by atoms with Gasteiger partial charge in [-0.2, -0.15) is 0 Å². The van der Waals surface area contributed by atoms with Gasteiger partial charge < -0.3 is 9.64 Å². The SMILES string of the molecule is CCCN(CC(=O)N(CCC)[C@@H]1CCS(=O)(=O)C1)[C@@H]1C[C@@H](OCC)C12CCCCC2. The van der Waals surface area contributed by atoms with Gasteiger partial charge in [0.25, 0.3) is 0 Å². The molecule has 0 aromatic rings. The zero-order chi connectivity index (χ0) is 21.8. The standard InChI is InChI=1S/C23H42N2O4S/c1-4-13-24(20-16-21(29-6-3)23(20)11-8-7-9-12-23)17-22(26)25(14-5-2)19-10-15-30(27,28)18-19/h19-21H,4-18H2,1-3H3/t19-,20-,21-/m1/s1. The summed E-state index contributed by atoms with van der Waals surface area (Å²) >= 11 is 0. The van der Waals surface area contributed by atoms with Crippen LogP contribution in [-0.2, 0) is 19.4 Å². The first-order valence-electron chi connectivity index (χ1n) is 12.2. The second-order valence-corrected chi connectivity index (χ2v) is 11.8. The molecule has 3 atom stereocenters. The van der Waals surface area contributed by atoms with Crippen molar-refractivity contribution in [1.29, 1.82) is 0 Å². The minimum Gasteiger partial charge on any atom is -0.378 e. The van der Waals surface area contributed by atoms with Gasteiger partial charge in [0, 0.05) is 30.7 Å². The number of rotatable bonds is 10. The molecule has 6 nitrogen and oxygen atoms in total. The van der Waals surface area contributed by atoms with Crippen molar-refractivity contribution in [2.75, 3.05) is 37.7 Å². The van der Waals surface area contributed by atoms with Crippen LogP contribution in [0.4, 0.5) is 0 Å². The smallest absolute Gasteiger partial charge is 0.237 e. The predicted octanol–water partition coefficient (Wildman–Crippen LogP) is 3.25. The van der Waals surface area contributed by atoms with E-state index in [-0.39, 0.29) is 28.9 Å². The third-order valence-corrected chi connectivity index (χ3v) is 9.37. The lowest BCUT2D eigenvalue weighted by molar-refractivity contribution is -0.185. The normalized spacial score (nSPS) is 29.8. The van der Waals surface area contributed by atoms with Crippen molar-refractivity contribution in [2.45, 2.75) is 96.7 Å². The van der Waals surface area contributed by atoms with Gasteiger partial charge >= 0.3 is 0 Å². The van der Waals surface area contributed by atoms with Crippen LogP contribution in [0.15, 0.2) is 0 Å². The van der Waals surface area contributed by atoms with Crippen LogP contribution in [0.5, 0.6) is 0 Å². The molecule has 1 amide bonds. The van der Waals surface area contributed by atoms with Crippen molar-refractivity contribution >= 4 is 15.7 Å². The van der Waals surface area contributed by atoms with E-state index in [0.717, 1.165) is 32.4 Å². The number of hydrogen-bond donors (Lipinski definition) is 0. The Kier molecular flexibility index (Phi) is 8.24. The summed E-state index contributed by atoms with van der Waals surface area (Å²) in [5.74, 6) is 0.455. The molecule has 1 aliphatic heterocycles. The zero-order valence-electron chi connectivity index (χ0n) is 19.3. The molecule has 2 aliphatic carbocycles. The van der Waals surface area contributed by atoms with E-state index in [9.17, 15) is 13.2 Å². The molecule has 30 heavy (non-hydrogen) atoms. The summed E-state index contributed by atoms with van der Waals surface area (Å²) in [5, 5.41) is 0. The number of ether oxygens (including phenoxy) is 1. The number of amides is 1. The first-order chi connectivity index (χ1) is 14.4. The van der Waals surface area contributed by atoms with Crippen LogP contribution < -0.4 is 0 Å². The lowest BCUT2D eigenvalue weighted by Gasteiger charge is -2.61. The van der Waals surface area contributed by atoms with E-state index in [1.807, 2.05) is 4.90 Å². The van der Waals surface area contributed by atoms with E-state index in [1.165, 1.54) is 32.1 Å². The Bertz CT molecular complexity index is 675. The molecular weight excluding hydrogens is 400 g/mol. The molecule has 174 valence electrons. The number of carbonyl (C=O) groups is 1. The average molecular weight is 443 g/mol. The summed E-state index contributed by atoms with van der Waals surface area (Å²) < 4.78 is 30.1. The molecule has 7 heteroatoms. The topological polar surface area (TPSA) is 66.9 Å². The third kappa shape index (κ3) is 5.04. The summed E-state index contributed by atoms with van der Waals surface area (Å²) in [5.41, 5.74) is 0.204. The van der Waals surface area contributed by atoms with Gasteiger partial charge in [0.15, 0.2) is 9.84 Å². The van der Waals surface area contributed by atoms with Gasteiger partial charge in [0.1, 0.15) is 0 Å². The molecule has 3 fully saturated rings. The van der Waals surface area contributed by atoms with Crippen molar-refractivity contribution in [1.82, 2.24) is 9.80 Å². The molecular formula is C23H42N2O4S. The molecule has 2 saturated carbocycles. The van der Waals surface area contributed by atoms with Gasteiger partial charge in [-0.05, 0) is 52.0 Å². The van der Waals surface area contributed by atoms with Gasteiger partial charge in [-0.15, -0.1) is 0 Å². The second-order valence-electron chi connectivity index (χ2n) is 9.60. The fraction of sp³-hybridized carbons (Fsp3) is 0.957. The lowest BCUT2D eigenvalue weighted by Crippen LogP contribution is -2.66. The van der Waals surface area contributed by atoms with Gasteiger partial charge in [-0.3, -0.25) is 9.69 Å². The maximum absolute atomic E-state index is 13.4. The number of hydrogen-bond acceptors (Lipinski definition) is 5. The molecule has 1 heterocycles. The highest BCUT2D eigenvalue weighted by Crippen LogP contribution is 2.55. The third-order valence-electron chi connectivity index (χ3n) is 7.62. The van der Waals surface area contributed by atoms with E-state index >= 15 is 0 Å².